The Hall–Kier alpha value is -2.81. The summed E-state index contributed by atoms with van der Waals surface area (Å²) in [5.74, 6) is 5.59. The lowest BCUT2D eigenvalue weighted by molar-refractivity contribution is -0.274. The third-order valence-electron chi connectivity index (χ3n) is 2.62. The molecular formula is C17H13F3N2O. The first kappa shape index (κ1) is 16.6. The van der Waals surface area contributed by atoms with Crippen LogP contribution in [0.3, 0.4) is 0 Å². The summed E-state index contributed by atoms with van der Waals surface area (Å²) < 4.78 is 39.9. The topological polar surface area (TPSA) is 35.0 Å². The molecule has 0 unspecified atom stereocenters. The largest absolute Gasteiger partial charge is 0.573 e. The zero-order valence-corrected chi connectivity index (χ0v) is 12.3. The van der Waals surface area contributed by atoms with E-state index in [1.807, 2.05) is 19.1 Å². The minimum Gasteiger partial charge on any atom is -0.406 e. The van der Waals surface area contributed by atoms with Gasteiger partial charge in [0, 0.05) is 23.5 Å². The van der Waals surface area contributed by atoms with Crippen molar-refractivity contribution in [1.82, 2.24) is 9.97 Å². The van der Waals surface area contributed by atoms with Crippen molar-refractivity contribution in [1.29, 1.82) is 0 Å². The first-order valence-corrected chi connectivity index (χ1v) is 6.82. The zero-order chi connectivity index (χ0) is 16.7. The second-order valence-electron chi connectivity index (χ2n) is 4.47. The Balaban J connectivity index is 2.05. The van der Waals surface area contributed by atoms with E-state index in [0.717, 1.165) is 12.0 Å². The van der Waals surface area contributed by atoms with Crippen molar-refractivity contribution in [3.8, 4) is 17.6 Å². The van der Waals surface area contributed by atoms with Crippen LogP contribution in [0, 0.1) is 11.8 Å². The Morgan fingerprint density at radius 1 is 1.09 bits per heavy atom. The van der Waals surface area contributed by atoms with Gasteiger partial charge in [-0.05, 0) is 36.6 Å². The van der Waals surface area contributed by atoms with Gasteiger partial charge in [-0.25, -0.2) is 9.97 Å². The lowest BCUT2D eigenvalue weighted by atomic mass is 10.2. The molecule has 0 saturated heterocycles. The quantitative estimate of drug-likeness (QED) is 0.796. The molecule has 1 heterocycles. The predicted octanol–water partition coefficient (Wildman–Crippen LogP) is 4.20. The van der Waals surface area contributed by atoms with Gasteiger partial charge >= 0.3 is 6.36 Å². The molecule has 0 aliphatic carbocycles. The maximum Gasteiger partial charge on any atom is 0.573 e. The smallest absolute Gasteiger partial charge is 0.406 e. The van der Waals surface area contributed by atoms with Gasteiger partial charge in [0.15, 0.2) is 0 Å². The maximum absolute atomic E-state index is 12.0. The molecule has 0 bridgehead atoms. The standard InChI is InChI=1S/C17H13F3N2O/c1-2-3-4-14-11-21-16(22-12-14)10-7-13-5-8-15(9-6-13)23-17(18,19)20/h3-6,8-9,11-12H,2H2,1H3/b4-3+. The number of halogens is 3. The summed E-state index contributed by atoms with van der Waals surface area (Å²) in [5.41, 5.74) is 1.42. The van der Waals surface area contributed by atoms with Gasteiger partial charge < -0.3 is 4.74 Å². The molecule has 2 rings (SSSR count). The van der Waals surface area contributed by atoms with Crippen LogP contribution in [0.4, 0.5) is 13.2 Å². The first-order valence-electron chi connectivity index (χ1n) is 6.82. The molecule has 0 spiro atoms. The number of allylic oxidation sites excluding steroid dienone is 1. The van der Waals surface area contributed by atoms with Crippen LogP contribution in [0.5, 0.6) is 5.75 Å². The summed E-state index contributed by atoms with van der Waals surface area (Å²) in [6, 6.07) is 5.28. The average molecular weight is 318 g/mol. The van der Waals surface area contributed by atoms with Gasteiger partial charge in [0.1, 0.15) is 5.75 Å². The molecule has 2 aromatic rings. The first-order chi connectivity index (χ1) is 11.0. The molecule has 1 aromatic carbocycles. The summed E-state index contributed by atoms with van der Waals surface area (Å²) in [6.45, 7) is 2.03. The van der Waals surface area contributed by atoms with E-state index in [-0.39, 0.29) is 5.75 Å². The molecule has 0 saturated carbocycles. The Morgan fingerprint density at radius 3 is 2.30 bits per heavy atom. The molecule has 3 nitrogen and oxygen atoms in total. The van der Waals surface area contributed by atoms with E-state index in [9.17, 15) is 13.2 Å². The highest BCUT2D eigenvalue weighted by atomic mass is 19.4. The monoisotopic (exact) mass is 318 g/mol. The van der Waals surface area contributed by atoms with E-state index in [2.05, 4.69) is 26.5 Å². The number of aromatic nitrogens is 2. The molecule has 1 aromatic heterocycles. The van der Waals surface area contributed by atoms with Crippen LogP contribution in [-0.4, -0.2) is 16.3 Å². The van der Waals surface area contributed by atoms with Crippen molar-refractivity contribution in [3.63, 3.8) is 0 Å². The van der Waals surface area contributed by atoms with Crippen LogP contribution in [0.15, 0.2) is 42.7 Å². The zero-order valence-electron chi connectivity index (χ0n) is 12.3. The molecule has 0 N–H and O–H groups in total. The van der Waals surface area contributed by atoms with E-state index in [1.165, 1.54) is 24.3 Å². The molecule has 6 heteroatoms. The van der Waals surface area contributed by atoms with Gasteiger partial charge in [0.2, 0.25) is 5.82 Å². The van der Waals surface area contributed by atoms with Crippen LogP contribution in [0.25, 0.3) is 6.08 Å². The lowest BCUT2D eigenvalue weighted by Gasteiger charge is -2.07. The van der Waals surface area contributed by atoms with Crippen molar-refractivity contribution in [2.45, 2.75) is 19.7 Å². The van der Waals surface area contributed by atoms with Crippen LogP contribution in [-0.2, 0) is 0 Å². The summed E-state index contributed by atoms with van der Waals surface area (Å²) in [5, 5.41) is 0. The third-order valence-corrected chi connectivity index (χ3v) is 2.62. The van der Waals surface area contributed by atoms with Gasteiger partial charge in [0.25, 0.3) is 0 Å². The fourth-order valence-corrected chi connectivity index (χ4v) is 1.61. The number of ether oxygens (including phenoxy) is 1. The normalized spacial score (nSPS) is 11.1. The average Bonchev–Trinajstić information content (AvgIpc) is 2.52. The van der Waals surface area contributed by atoms with E-state index < -0.39 is 6.36 Å². The van der Waals surface area contributed by atoms with Crippen LogP contribution < -0.4 is 4.74 Å². The minimum atomic E-state index is -4.70. The number of nitrogens with zero attached hydrogens (tertiary/aromatic N) is 2. The number of rotatable bonds is 3. The van der Waals surface area contributed by atoms with Crippen molar-refractivity contribution in [3.05, 3.63) is 59.7 Å². The van der Waals surface area contributed by atoms with Crippen LogP contribution in [0.1, 0.15) is 30.3 Å². The van der Waals surface area contributed by atoms with Gasteiger partial charge in [-0.2, -0.15) is 0 Å². The van der Waals surface area contributed by atoms with Gasteiger partial charge in [-0.3, -0.25) is 0 Å². The summed E-state index contributed by atoms with van der Waals surface area (Å²) in [4.78, 5) is 8.21. The maximum atomic E-state index is 12.0. The molecule has 0 radical (unpaired) electrons. The number of alkyl halides is 3. The Kier molecular flexibility index (Phi) is 5.36. The highest BCUT2D eigenvalue weighted by molar-refractivity contribution is 5.47. The summed E-state index contributed by atoms with van der Waals surface area (Å²) in [7, 11) is 0. The van der Waals surface area contributed by atoms with E-state index in [4.69, 9.17) is 0 Å². The van der Waals surface area contributed by atoms with Gasteiger partial charge in [0.05, 0.1) is 0 Å². The van der Waals surface area contributed by atoms with Crippen LogP contribution >= 0.6 is 0 Å². The predicted molar refractivity (Wildman–Crippen MR) is 80.5 cm³/mol. The van der Waals surface area contributed by atoms with Crippen molar-refractivity contribution in [2.75, 3.05) is 0 Å². The highest BCUT2D eigenvalue weighted by Gasteiger charge is 2.30. The Labute approximate surface area is 131 Å². The van der Waals surface area contributed by atoms with Gasteiger partial charge in [-0.15, -0.1) is 13.2 Å². The summed E-state index contributed by atoms with van der Waals surface area (Å²) in [6.07, 6.45) is 3.45. The molecule has 0 fully saturated rings. The fourth-order valence-electron chi connectivity index (χ4n) is 1.61. The Morgan fingerprint density at radius 2 is 1.74 bits per heavy atom. The fraction of sp³-hybridized carbons (Fsp3) is 0.176. The minimum absolute atomic E-state index is 0.286. The molecule has 0 atom stereocenters. The van der Waals surface area contributed by atoms with E-state index in [1.54, 1.807) is 12.4 Å². The molecule has 0 amide bonds. The summed E-state index contributed by atoms with van der Waals surface area (Å²) >= 11 is 0. The van der Waals surface area contributed by atoms with Crippen molar-refractivity contribution in [2.24, 2.45) is 0 Å². The number of hydrogen-bond acceptors (Lipinski definition) is 3. The molecule has 0 aliphatic heterocycles. The Bertz CT molecular complexity index is 724. The lowest BCUT2D eigenvalue weighted by Crippen LogP contribution is -2.16. The SMILES string of the molecule is CC/C=C/c1cnc(C#Cc2ccc(OC(F)(F)F)cc2)nc1. The molecule has 23 heavy (non-hydrogen) atoms. The van der Waals surface area contributed by atoms with Crippen molar-refractivity contribution < 1.29 is 17.9 Å². The number of hydrogen-bond donors (Lipinski definition) is 0. The van der Waals surface area contributed by atoms with Crippen LogP contribution in [0.2, 0.25) is 0 Å². The van der Waals surface area contributed by atoms with E-state index >= 15 is 0 Å². The highest BCUT2D eigenvalue weighted by Crippen LogP contribution is 2.22. The number of benzene rings is 1. The van der Waals surface area contributed by atoms with Gasteiger partial charge in [-0.1, -0.05) is 25.0 Å². The molecule has 0 aliphatic rings. The second-order valence-corrected chi connectivity index (χ2v) is 4.47. The van der Waals surface area contributed by atoms with E-state index in [0.29, 0.717) is 11.4 Å². The molecular weight excluding hydrogens is 305 g/mol. The second kappa shape index (κ2) is 7.45. The van der Waals surface area contributed by atoms with Crippen molar-refractivity contribution >= 4 is 6.08 Å². The molecule has 118 valence electrons. The third kappa shape index (κ3) is 5.83.